The first-order chi connectivity index (χ1) is 13.9. The maximum atomic E-state index is 14.8. The summed E-state index contributed by atoms with van der Waals surface area (Å²) in [5, 5.41) is 9.27. The molecule has 29 heavy (non-hydrogen) atoms. The van der Waals surface area contributed by atoms with E-state index in [9.17, 15) is 23.9 Å². The van der Waals surface area contributed by atoms with Crippen LogP contribution in [0.25, 0.3) is 11.0 Å². The van der Waals surface area contributed by atoms with Crippen molar-refractivity contribution in [2.45, 2.75) is 25.8 Å². The summed E-state index contributed by atoms with van der Waals surface area (Å²) in [7, 11) is 0. The van der Waals surface area contributed by atoms with Gasteiger partial charge in [-0.1, -0.05) is 0 Å². The van der Waals surface area contributed by atoms with E-state index in [0.29, 0.717) is 26.2 Å². The average Bonchev–Trinajstić information content (AvgIpc) is 3.53. The van der Waals surface area contributed by atoms with Gasteiger partial charge in [0, 0.05) is 38.4 Å². The maximum Gasteiger partial charge on any atom is 0.409 e. The first kappa shape index (κ1) is 19.2. The highest BCUT2D eigenvalue weighted by Crippen LogP contribution is 2.37. The predicted molar refractivity (Wildman–Crippen MR) is 102 cm³/mol. The summed E-state index contributed by atoms with van der Waals surface area (Å²) in [5.41, 5.74) is -0.845. The average molecular weight is 404 g/mol. The molecule has 1 aliphatic heterocycles. The second-order valence-electron chi connectivity index (χ2n) is 7.15. The van der Waals surface area contributed by atoms with E-state index in [1.165, 1.54) is 6.20 Å². The Morgan fingerprint density at radius 3 is 2.55 bits per heavy atom. The summed E-state index contributed by atoms with van der Waals surface area (Å²) in [4.78, 5) is 43.5. The number of halogens is 1. The third-order valence-corrected chi connectivity index (χ3v) is 5.22. The van der Waals surface area contributed by atoms with Crippen molar-refractivity contribution >= 4 is 28.9 Å². The van der Waals surface area contributed by atoms with Crippen LogP contribution < -0.4 is 10.3 Å². The van der Waals surface area contributed by atoms with Gasteiger partial charge in [0.2, 0.25) is 5.43 Å². The van der Waals surface area contributed by atoms with Crippen LogP contribution in [-0.4, -0.2) is 64.4 Å². The number of piperazine rings is 1. The highest BCUT2D eigenvalue weighted by molar-refractivity contribution is 5.92. The van der Waals surface area contributed by atoms with E-state index in [1.54, 1.807) is 21.3 Å². The summed E-state index contributed by atoms with van der Waals surface area (Å²) in [6, 6.07) is 1.13. The molecular formula is C19H21FN4O5. The lowest BCUT2D eigenvalue weighted by molar-refractivity contribution is 0.0694. The van der Waals surface area contributed by atoms with Gasteiger partial charge in [-0.2, -0.15) is 0 Å². The standard InChI is InChI=1S/C19H21FN4O5/c1-2-29-19(28)23-7-5-22(6-8-23)17-14(20)9-12-15(25)13(18(26)27)10-24(11-3-4-11)16(12)21-17/h9-11H,2-8H2,1H3,(H,26,27). The molecule has 2 fully saturated rings. The zero-order valence-corrected chi connectivity index (χ0v) is 15.9. The highest BCUT2D eigenvalue weighted by atomic mass is 19.1. The second-order valence-corrected chi connectivity index (χ2v) is 7.15. The molecule has 1 aliphatic carbocycles. The Balaban J connectivity index is 1.70. The number of aromatic nitrogens is 2. The van der Waals surface area contributed by atoms with E-state index in [0.717, 1.165) is 18.9 Å². The van der Waals surface area contributed by atoms with Gasteiger partial charge in [0.1, 0.15) is 11.2 Å². The van der Waals surface area contributed by atoms with Gasteiger partial charge in [-0.3, -0.25) is 4.79 Å². The van der Waals surface area contributed by atoms with Crippen molar-refractivity contribution in [3.05, 3.63) is 33.9 Å². The molecule has 1 saturated heterocycles. The number of carboxylic acid groups (broad SMARTS) is 1. The Kier molecular flexibility index (Phi) is 4.85. The fraction of sp³-hybridized carbons (Fsp3) is 0.474. The van der Waals surface area contributed by atoms with Crippen molar-refractivity contribution in [2.24, 2.45) is 0 Å². The molecule has 3 heterocycles. The topological polar surface area (TPSA) is 105 Å². The number of carbonyl (C=O) groups is 2. The molecule has 0 aromatic carbocycles. The molecule has 0 radical (unpaired) electrons. The Morgan fingerprint density at radius 2 is 1.97 bits per heavy atom. The molecule has 2 aromatic heterocycles. The van der Waals surface area contributed by atoms with Crippen molar-refractivity contribution < 1.29 is 23.8 Å². The van der Waals surface area contributed by atoms with Crippen molar-refractivity contribution in [1.29, 1.82) is 0 Å². The third kappa shape index (κ3) is 3.50. The number of pyridine rings is 2. The van der Waals surface area contributed by atoms with E-state index in [1.807, 2.05) is 0 Å². The lowest BCUT2D eigenvalue weighted by Crippen LogP contribution is -2.49. The van der Waals surface area contributed by atoms with E-state index in [-0.39, 0.29) is 35.1 Å². The number of amides is 1. The van der Waals surface area contributed by atoms with Gasteiger partial charge in [0.05, 0.1) is 12.0 Å². The van der Waals surface area contributed by atoms with E-state index < -0.39 is 23.3 Å². The van der Waals surface area contributed by atoms with Crippen molar-refractivity contribution in [2.75, 3.05) is 37.7 Å². The second kappa shape index (κ2) is 7.34. The van der Waals surface area contributed by atoms with Gasteiger partial charge in [0.25, 0.3) is 0 Å². The number of carbonyl (C=O) groups excluding carboxylic acids is 1. The minimum Gasteiger partial charge on any atom is -0.477 e. The number of anilines is 1. The molecule has 0 spiro atoms. The zero-order chi connectivity index (χ0) is 20.7. The molecule has 2 aromatic rings. The minimum absolute atomic E-state index is 0.0387. The van der Waals surface area contributed by atoms with Gasteiger partial charge in [0.15, 0.2) is 11.6 Å². The summed E-state index contributed by atoms with van der Waals surface area (Å²) >= 11 is 0. The predicted octanol–water partition coefficient (Wildman–Crippen LogP) is 1.85. The Bertz CT molecular complexity index is 1040. The van der Waals surface area contributed by atoms with E-state index in [4.69, 9.17) is 4.74 Å². The Hall–Kier alpha value is -3.17. The van der Waals surface area contributed by atoms with Crippen LogP contribution in [-0.2, 0) is 4.74 Å². The van der Waals surface area contributed by atoms with Crippen LogP contribution in [0, 0.1) is 5.82 Å². The van der Waals surface area contributed by atoms with Crippen LogP contribution >= 0.6 is 0 Å². The minimum atomic E-state index is -1.34. The summed E-state index contributed by atoms with van der Waals surface area (Å²) in [6.07, 6.45) is 2.61. The molecule has 154 valence electrons. The first-order valence-corrected chi connectivity index (χ1v) is 9.56. The number of hydrogen-bond donors (Lipinski definition) is 1. The number of aromatic carboxylic acids is 1. The maximum absolute atomic E-state index is 14.8. The number of carboxylic acids is 1. The summed E-state index contributed by atoms with van der Waals surface area (Å²) < 4.78 is 21.5. The molecule has 1 N–H and O–H groups in total. The van der Waals surface area contributed by atoms with Crippen LogP contribution in [0.4, 0.5) is 15.0 Å². The lowest BCUT2D eigenvalue weighted by Gasteiger charge is -2.34. The number of ether oxygens (including phenoxy) is 1. The molecular weight excluding hydrogens is 383 g/mol. The largest absolute Gasteiger partial charge is 0.477 e. The fourth-order valence-electron chi connectivity index (χ4n) is 3.56. The first-order valence-electron chi connectivity index (χ1n) is 9.56. The van der Waals surface area contributed by atoms with Crippen LogP contribution in [0.3, 0.4) is 0 Å². The van der Waals surface area contributed by atoms with Gasteiger partial charge < -0.3 is 24.2 Å². The molecule has 9 nitrogen and oxygen atoms in total. The SMILES string of the molecule is CCOC(=O)N1CCN(c2nc3c(cc2F)c(=O)c(C(=O)O)cn3C2CC2)CC1. The van der Waals surface area contributed by atoms with Crippen molar-refractivity contribution in [3.8, 4) is 0 Å². The van der Waals surface area contributed by atoms with Gasteiger partial charge in [-0.25, -0.2) is 19.0 Å². The quantitative estimate of drug-likeness (QED) is 0.829. The molecule has 0 atom stereocenters. The van der Waals surface area contributed by atoms with Crippen LogP contribution in [0.15, 0.2) is 17.1 Å². The molecule has 4 rings (SSSR count). The van der Waals surface area contributed by atoms with E-state index in [2.05, 4.69) is 4.98 Å². The van der Waals surface area contributed by atoms with Gasteiger partial charge >= 0.3 is 12.1 Å². The van der Waals surface area contributed by atoms with E-state index >= 15 is 0 Å². The monoisotopic (exact) mass is 404 g/mol. The van der Waals surface area contributed by atoms with Crippen LogP contribution in [0.2, 0.25) is 0 Å². The number of fused-ring (bicyclic) bond motifs is 1. The highest BCUT2D eigenvalue weighted by Gasteiger charge is 2.30. The van der Waals surface area contributed by atoms with Crippen LogP contribution in [0.5, 0.6) is 0 Å². The normalized spacial score (nSPS) is 16.9. The van der Waals surface area contributed by atoms with Gasteiger partial charge in [-0.05, 0) is 25.8 Å². The zero-order valence-electron chi connectivity index (χ0n) is 15.9. The molecule has 2 aliphatic rings. The summed E-state index contributed by atoms with van der Waals surface area (Å²) in [5.74, 6) is -1.94. The number of rotatable bonds is 4. The Labute approximate surface area is 165 Å². The summed E-state index contributed by atoms with van der Waals surface area (Å²) in [6.45, 7) is 3.50. The molecule has 10 heteroatoms. The molecule has 1 saturated carbocycles. The smallest absolute Gasteiger partial charge is 0.409 e. The fourth-order valence-corrected chi connectivity index (χ4v) is 3.56. The molecule has 0 unspecified atom stereocenters. The molecule has 0 bridgehead atoms. The Morgan fingerprint density at radius 1 is 1.28 bits per heavy atom. The molecule has 1 amide bonds. The van der Waals surface area contributed by atoms with Gasteiger partial charge in [-0.15, -0.1) is 0 Å². The number of hydrogen-bond acceptors (Lipinski definition) is 6. The van der Waals surface area contributed by atoms with Crippen molar-refractivity contribution in [3.63, 3.8) is 0 Å². The van der Waals surface area contributed by atoms with Crippen molar-refractivity contribution in [1.82, 2.24) is 14.5 Å². The lowest BCUT2D eigenvalue weighted by atomic mass is 10.1. The third-order valence-electron chi connectivity index (χ3n) is 5.22. The van der Waals surface area contributed by atoms with Crippen LogP contribution in [0.1, 0.15) is 36.2 Å². The number of nitrogens with zero attached hydrogens (tertiary/aromatic N) is 4.